The van der Waals surface area contributed by atoms with Crippen molar-refractivity contribution in [2.45, 2.75) is 70.9 Å². The molecule has 0 amide bonds. The second-order valence-electron chi connectivity index (χ2n) is 10.9. The predicted molar refractivity (Wildman–Crippen MR) is 133 cm³/mol. The normalized spacial score (nSPS) is 27.6. The quantitative estimate of drug-likeness (QED) is 0.630. The van der Waals surface area contributed by atoms with E-state index in [1.165, 1.54) is 33.4 Å². The molecule has 172 valence electrons. The van der Waals surface area contributed by atoms with Gasteiger partial charge in [0.25, 0.3) is 0 Å². The molecule has 4 heteroatoms. The van der Waals surface area contributed by atoms with Gasteiger partial charge in [-0.15, -0.1) is 0 Å². The molecule has 2 heterocycles. The molecule has 0 bridgehead atoms. The number of fused-ring (bicyclic) bond motifs is 4. The van der Waals surface area contributed by atoms with Crippen LogP contribution in [-0.2, 0) is 27.7 Å². The van der Waals surface area contributed by atoms with Gasteiger partial charge in [-0.25, -0.2) is 9.98 Å². The highest BCUT2D eigenvalue weighted by Gasteiger charge is 2.49. The molecule has 0 radical (unpaired) electrons. The first kappa shape index (κ1) is 20.9. The lowest BCUT2D eigenvalue weighted by Crippen LogP contribution is -2.27. The molecule has 0 aromatic heterocycles. The SMILES string of the molecule is CC(C)C1COC(c2cccc3c2C2(CC3)CCc3cccc(C4=NC(C(C)C)CO4)c32)=N1. The van der Waals surface area contributed by atoms with E-state index in [-0.39, 0.29) is 17.5 Å². The van der Waals surface area contributed by atoms with Crippen LogP contribution in [0.2, 0.25) is 0 Å². The standard InChI is InChI=1S/C29H34N2O2/c1-17(2)23-15-32-27(30-23)21-9-5-7-19-11-13-29(25(19)21)14-12-20-8-6-10-22(26(20)29)28-31-24(16-33-28)18(3)4/h5-10,17-18,23-24H,11-16H2,1-4H3. The maximum atomic E-state index is 6.20. The van der Waals surface area contributed by atoms with Crippen LogP contribution in [0.5, 0.6) is 0 Å². The van der Waals surface area contributed by atoms with Gasteiger partial charge in [-0.2, -0.15) is 0 Å². The number of benzene rings is 2. The average Bonchev–Trinajstić information content (AvgIpc) is 3.60. The van der Waals surface area contributed by atoms with Crippen LogP contribution in [0.1, 0.15) is 73.9 Å². The van der Waals surface area contributed by atoms with Crippen molar-refractivity contribution in [2.24, 2.45) is 21.8 Å². The van der Waals surface area contributed by atoms with Crippen LogP contribution in [0.3, 0.4) is 0 Å². The Kier molecular flexibility index (Phi) is 4.90. The zero-order valence-electron chi connectivity index (χ0n) is 20.2. The van der Waals surface area contributed by atoms with E-state index < -0.39 is 0 Å². The largest absolute Gasteiger partial charge is 0.475 e. The zero-order valence-corrected chi connectivity index (χ0v) is 20.2. The van der Waals surface area contributed by atoms with Crippen molar-refractivity contribution in [3.05, 3.63) is 69.8 Å². The maximum absolute atomic E-state index is 6.20. The zero-order chi connectivity index (χ0) is 22.7. The van der Waals surface area contributed by atoms with Crippen LogP contribution in [0, 0.1) is 11.8 Å². The van der Waals surface area contributed by atoms with E-state index >= 15 is 0 Å². The number of hydrogen-bond acceptors (Lipinski definition) is 4. The van der Waals surface area contributed by atoms with Gasteiger partial charge in [0.15, 0.2) is 0 Å². The van der Waals surface area contributed by atoms with Gasteiger partial charge in [0.05, 0.1) is 12.1 Å². The van der Waals surface area contributed by atoms with Crippen LogP contribution >= 0.6 is 0 Å². The monoisotopic (exact) mass is 442 g/mol. The molecular weight excluding hydrogens is 408 g/mol. The van der Waals surface area contributed by atoms with Crippen molar-refractivity contribution >= 4 is 11.8 Å². The van der Waals surface area contributed by atoms with Crippen molar-refractivity contribution in [3.63, 3.8) is 0 Å². The van der Waals surface area contributed by atoms with E-state index in [0.29, 0.717) is 25.0 Å². The molecular formula is C29H34N2O2. The summed E-state index contributed by atoms with van der Waals surface area (Å²) in [4.78, 5) is 10.0. The lowest BCUT2D eigenvalue weighted by molar-refractivity contribution is 0.291. The lowest BCUT2D eigenvalue weighted by atomic mass is 9.73. The van der Waals surface area contributed by atoms with Gasteiger partial charge in [0, 0.05) is 16.5 Å². The molecule has 2 atom stereocenters. The van der Waals surface area contributed by atoms with Gasteiger partial charge >= 0.3 is 0 Å². The Morgan fingerprint density at radius 1 is 0.727 bits per heavy atom. The third-order valence-corrected chi connectivity index (χ3v) is 8.25. The number of aliphatic imine (C=N–C) groups is 2. The van der Waals surface area contributed by atoms with Crippen LogP contribution in [0.15, 0.2) is 46.4 Å². The highest BCUT2D eigenvalue weighted by atomic mass is 16.5. The highest BCUT2D eigenvalue weighted by molar-refractivity contribution is 6.00. The Bertz CT molecular complexity index is 1070. The number of hydrogen-bond donors (Lipinski definition) is 0. The minimum Gasteiger partial charge on any atom is -0.475 e. The Labute approximate surface area is 197 Å². The third kappa shape index (κ3) is 3.17. The van der Waals surface area contributed by atoms with E-state index in [0.717, 1.165) is 37.5 Å². The Balaban J connectivity index is 1.50. The molecule has 4 nitrogen and oxygen atoms in total. The Morgan fingerprint density at radius 3 is 1.58 bits per heavy atom. The highest BCUT2D eigenvalue weighted by Crippen LogP contribution is 2.55. The van der Waals surface area contributed by atoms with Crippen molar-refractivity contribution < 1.29 is 9.47 Å². The second-order valence-corrected chi connectivity index (χ2v) is 10.9. The van der Waals surface area contributed by atoms with Crippen LogP contribution in [-0.4, -0.2) is 37.1 Å². The summed E-state index contributed by atoms with van der Waals surface area (Å²) in [7, 11) is 0. The molecule has 33 heavy (non-hydrogen) atoms. The Hall–Kier alpha value is -2.62. The molecule has 0 saturated heterocycles. The van der Waals surface area contributed by atoms with E-state index in [9.17, 15) is 0 Å². The molecule has 6 rings (SSSR count). The van der Waals surface area contributed by atoms with Gasteiger partial charge in [-0.3, -0.25) is 0 Å². The van der Waals surface area contributed by atoms with Crippen molar-refractivity contribution in [2.75, 3.05) is 13.2 Å². The number of nitrogens with zero attached hydrogens (tertiary/aromatic N) is 2. The van der Waals surface area contributed by atoms with Crippen LogP contribution in [0.25, 0.3) is 0 Å². The summed E-state index contributed by atoms with van der Waals surface area (Å²) in [5.74, 6) is 2.65. The maximum Gasteiger partial charge on any atom is 0.216 e. The van der Waals surface area contributed by atoms with E-state index in [2.05, 4.69) is 64.1 Å². The summed E-state index contributed by atoms with van der Waals surface area (Å²) in [6, 6.07) is 13.9. The molecule has 1 spiro atoms. The lowest BCUT2D eigenvalue weighted by Gasteiger charge is -2.30. The third-order valence-electron chi connectivity index (χ3n) is 8.25. The molecule has 0 N–H and O–H groups in total. The topological polar surface area (TPSA) is 43.2 Å². The smallest absolute Gasteiger partial charge is 0.216 e. The summed E-state index contributed by atoms with van der Waals surface area (Å²) < 4.78 is 12.4. The summed E-state index contributed by atoms with van der Waals surface area (Å²) >= 11 is 0. The fourth-order valence-electron chi connectivity index (χ4n) is 6.31. The minimum atomic E-state index is -0.0125. The first-order valence-electron chi connectivity index (χ1n) is 12.6. The van der Waals surface area contributed by atoms with Crippen LogP contribution in [0.4, 0.5) is 0 Å². The van der Waals surface area contributed by atoms with Crippen molar-refractivity contribution in [3.8, 4) is 0 Å². The first-order valence-corrected chi connectivity index (χ1v) is 12.6. The van der Waals surface area contributed by atoms with Gasteiger partial charge in [-0.1, -0.05) is 52.0 Å². The summed E-state index contributed by atoms with van der Waals surface area (Å²) in [5, 5.41) is 0. The van der Waals surface area contributed by atoms with E-state index in [1.807, 2.05) is 0 Å². The molecule has 2 aliphatic heterocycles. The van der Waals surface area contributed by atoms with E-state index in [1.54, 1.807) is 0 Å². The Morgan fingerprint density at radius 2 is 1.18 bits per heavy atom. The second kappa shape index (κ2) is 7.72. The van der Waals surface area contributed by atoms with E-state index in [4.69, 9.17) is 19.5 Å². The molecule has 2 unspecified atom stereocenters. The van der Waals surface area contributed by atoms with Crippen molar-refractivity contribution in [1.29, 1.82) is 0 Å². The fourth-order valence-corrected chi connectivity index (χ4v) is 6.31. The summed E-state index contributed by atoms with van der Waals surface area (Å²) in [6.07, 6.45) is 4.45. The van der Waals surface area contributed by atoms with Crippen molar-refractivity contribution in [1.82, 2.24) is 0 Å². The molecule has 0 fully saturated rings. The minimum absolute atomic E-state index is 0.0125. The molecule has 4 aliphatic rings. The number of rotatable bonds is 4. The first-order chi connectivity index (χ1) is 16.0. The predicted octanol–water partition coefficient (Wildman–Crippen LogP) is 5.47. The fraction of sp³-hybridized carbons (Fsp3) is 0.517. The summed E-state index contributed by atoms with van der Waals surface area (Å²) in [5.41, 5.74) is 8.17. The number of aryl methyl sites for hydroxylation is 2. The van der Waals surface area contributed by atoms with Gasteiger partial charge < -0.3 is 9.47 Å². The average molecular weight is 443 g/mol. The van der Waals surface area contributed by atoms with Gasteiger partial charge in [-0.05, 0) is 71.9 Å². The molecule has 0 saturated carbocycles. The molecule has 2 aromatic carbocycles. The molecule has 2 aromatic rings. The van der Waals surface area contributed by atoms with Gasteiger partial charge in [0.1, 0.15) is 13.2 Å². The number of ether oxygens (including phenoxy) is 2. The van der Waals surface area contributed by atoms with Gasteiger partial charge in [0.2, 0.25) is 11.8 Å². The summed E-state index contributed by atoms with van der Waals surface area (Å²) in [6.45, 7) is 10.3. The van der Waals surface area contributed by atoms with Crippen LogP contribution < -0.4 is 0 Å². The molecule has 2 aliphatic carbocycles.